The third-order valence-corrected chi connectivity index (χ3v) is 9.10. The van der Waals surface area contributed by atoms with Crippen molar-refractivity contribution in [2.24, 2.45) is 0 Å². The van der Waals surface area contributed by atoms with Gasteiger partial charge in [0.1, 0.15) is 28.9 Å². The summed E-state index contributed by atoms with van der Waals surface area (Å²) in [6.45, 7) is 9.94. The van der Waals surface area contributed by atoms with Crippen molar-refractivity contribution in [3.63, 3.8) is 0 Å². The lowest BCUT2D eigenvalue weighted by Crippen LogP contribution is -2.47. The van der Waals surface area contributed by atoms with Gasteiger partial charge in [0.25, 0.3) is 0 Å². The maximum absolute atomic E-state index is 15.1. The first-order valence-corrected chi connectivity index (χ1v) is 16.7. The van der Waals surface area contributed by atoms with Crippen LogP contribution in [0.25, 0.3) is 22.3 Å². The number of imide groups is 1. The number of pyridine rings is 1. The molecule has 0 aliphatic carbocycles. The van der Waals surface area contributed by atoms with Crippen molar-refractivity contribution in [1.29, 1.82) is 0 Å². The first kappa shape index (κ1) is 33.0. The molecule has 0 radical (unpaired) electrons. The summed E-state index contributed by atoms with van der Waals surface area (Å²) in [5, 5.41) is 8.69. The van der Waals surface area contributed by atoms with Gasteiger partial charge in [-0.15, -0.1) is 0 Å². The molecule has 7 rings (SSSR count). The average Bonchev–Trinajstić information content (AvgIpc) is 3.44. The fourth-order valence-corrected chi connectivity index (χ4v) is 6.66. The van der Waals surface area contributed by atoms with Crippen molar-refractivity contribution in [3.8, 4) is 11.3 Å². The third-order valence-electron chi connectivity index (χ3n) is 9.10. The zero-order valence-electron chi connectivity index (χ0n) is 28.1. The zero-order chi connectivity index (χ0) is 34.9. The molecule has 2 saturated heterocycles. The number of carbonyl (C=O) groups excluding carboxylic acids is 2. The van der Waals surface area contributed by atoms with E-state index in [1.54, 1.807) is 12.3 Å². The molecule has 2 amide bonds. The fourth-order valence-electron chi connectivity index (χ4n) is 6.66. The maximum atomic E-state index is 15.1. The number of halogens is 2. The van der Waals surface area contributed by atoms with Gasteiger partial charge in [-0.05, 0) is 69.2 Å². The summed E-state index contributed by atoms with van der Waals surface area (Å²) in [5.41, 5.74) is 4.06. The van der Waals surface area contributed by atoms with Crippen molar-refractivity contribution in [1.82, 2.24) is 34.7 Å². The molecule has 258 valence electrons. The van der Waals surface area contributed by atoms with Gasteiger partial charge < -0.3 is 20.1 Å². The number of rotatable bonds is 9. The van der Waals surface area contributed by atoms with Gasteiger partial charge in [0.05, 0.1) is 23.6 Å². The number of fused-ring (bicyclic) bond motifs is 1. The van der Waals surface area contributed by atoms with E-state index >= 15 is 4.39 Å². The Bertz CT molecular complexity index is 2060. The van der Waals surface area contributed by atoms with Crippen molar-refractivity contribution in [3.05, 3.63) is 83.9 Å². The number of nitrogens with zero attached hydrogens (tertiary/aromatic N) is 7. The summed E-state index contributed by atoms with van der Waals surface area (Å²) in [7, 11) is 0. The van der Waals surface area contributed by atoms with Crippen molar-refractivity contribution < 1.29 is 18.4 Å². The first-order valence-electron chi connectivity index (χ1n) is 16.7. The minimum atomic E-state index is -0.666. The predicted octanol–water partition coefficient (Wildman–Crippen LogP) is 5.34. The topological polar surface area (TPSA) is 133 Å². The lowest BCUT2D eigenvalue weighted by Gasteiger charge is -2.36. The van der Waals surface area contributed by atoms with Crippen LogP contribution in [0.3, 0.4) is 0 Å². The number of piperidine rings is 1. The predicted molar refractivity (Wildman–Crippen MR) is 187 cm³/mol. The van der Waals surface area contributed by atoms with E-state index in [1.807, 2.05) is 49.6 Å². The van der Waals surface area contributed by atoms with Crippen LogP contribution in [0.1, 0.15) is 44.1 Å². The number of amides is 2. The molecule has 5 heterocycles. The number of aromatic nitrogens is 5. The number of aryl methyl sites for hydroxylation is 1. The second-order valence-electron chi connectivity index (χ2n) is 13.0. The van der Waals surface area contributed by atoms with Gasteiger partial charge in [-0.3, -0.25) is 19.8 Å². The monoisotopic (exact) mass is 680 g/mol. The molecule has 0 bridgehead atoms. The minimum Gasteiger partial charge on any atom is -0.374 e. The highest BCUT2D eigenvalue weighted by atomic mass is 19.1. The Hall–Kier alpha value is -5.50. The van der Waals surface area contributed by atoms with Crippen molar-refractivity contribution in [2.45, 2.75) is 52.2 Å². The summed E-state index contributed by atoms with van der Waals surface area (Å²) >= 11 is 0. The highest BCUT2D eigenvalue weighted by Crippen LogP contribution is 2.31. The smallest absolute Gasteiger partial charge is 0.249 e. The number of imidazole rings is 1. The first-order chi connectivity index (χ1) is 24.1. The molecule has 0 spiro atoms. The second kappa shape index (κ2) is 13.8. The van der Waals surface area contributed by atoms with Crippen LogP contribution in [0.5, 0.6) is 0 Å². The van der Waals surface area contributed by atoms with Gasteiger partial charge in [0.2, 0.25) is 17.8 Å². The summed E-state index contributed by atoms with van der Waals surface area (Å²) < 4.78 is 32.0. The van der Waals surface area contributed by atoms with E-state index < -0.39 is 17.7 Å². The van der Waals surface area contributed by atoms with Gasteiger partial charge in [0.15, 0.2) is 11.6 Å². The SMILES string of the molecule is Cc1nc2c(F)cc(-c3nc(Nc4ccc(N5CCN(Cc6cccc(NC7CCC(=O)NC7=O)c6)CC5)cn4)ncc3F)cc2n1C(C)C. The zero-order valence-corrected chi connectivity index (χ0v) is 28.1. The number of hydrogen-bond donors (Lipinski definition) is 3. The van der Waals surface area contributed by atoms with Crippen LogP contribution in [0.15, 0.2) is 60.9 Å². The maximum Gasteiger partial charge on any atom is 0.249 e. The molecule has 2 fully saturated rings. The van der Waals surface area contributed by atoms with E-state index in [0.29, 0.717) is 35.6 Å². The summed E-state index contributed by atoms with van der Waals surface area (Å²) in [5.74, 6) is -0.413. The van der Waals surface area contributed by atoms with Crippen molar-refractivity contribution >= 4 is 46.0 Å². The molecule has 50 heavy (non-hydrogen) atoms. The summed E-state index contributed by atoms with van der Waals surface area (Å²) in [6, 6.07) is 14.4. The van der Waals surface area contributed by atoms with Crippen LogP contribution in [0.4, 0.5) is 31.9 Å². The van der Waals surface area contributed by atoms with E-state index in [4.69, 9.17) is 0 Å². The average molecular weight is 681 g/mol. The molecule has 0 saturated carbocycles. The fraction of sp³-hybridized carbons (Fsp3) is 0.333. The van der Waals surface area contributed by atoms with E-state index in [1.165, 1.54) is 6.07 Å². The molecule has 1 atom stereocenters. The van der Waals surface area contributed by atoms with Crippen LogP contribution < -0.4 is 20.9 Å². The number of carbonyl (C=O) groups is 2. The lowest BCUT2D eigenvalue weighted by atomic mass is 10.1. The molecule has 3 aromatic heterocycles. The summed E-state index contributed by atoms with van der Waals surface area (Å²) in [6.07, 6.45) is 3.66. The number of benzene rings is 2. The van der Waals surface area contributed by atoms with Gasteiger partial charge in [-0.1, -0.05) is 12.1 Å². The molecule has 12 nitrogen and oxygen atoms in total. The molecule has 1 unspecified atom stereocenters. The number of hydrogen-bond acceptors (Lipinski definition) is 10. The Morgan fingerprint density at radius 1 is 0.960 bits per heavy atom. The second-order valence-corrected chi connectivity index (χ2v) is 13.0. The molecule has 3 N–H and O–H groups in total. The Balaban J connectivity index is 0.964. The number of nitrogens with one attached hydrogen (secondary N) is 3. The molecule has 2 aliphatic rings. The highest BCUT2D eigenvalue weighted by molar-refractivity contribution is 6.01. The quantitative estimate of drug-likeness (QED) is 0.175. The van der Waals surface area contributed by atoms with Crippen LogP contribution >= 0.6 is 0 Å². The van der Waals surface area contributed by atoms with E-state index in [-0.39, 0.29) is 35.0 Å². The number of piperazine rings is 1. The Labute approximate surface area is 288 Å². The Morgan fingerprint density at radius 3 is 2.52 bits per heavy atom. The molecular formula is C36H38F2N10O2. The van der Waals surface area contributed by atoms with E-state index in [0.717, 1.165) is 55.9 Å². The normalized spacial score (nSPS) is 17.0. The molecular weight excluding hydrogens is 642 g/mol. The van der Waals surface area contributed by atoms with Crippen LogP contribution in [0, 0.1) is 18.6 Å². The highest BCUT2D eigenvalue weighted by Gasteiger charge is 2.26. The van der Waals surface area contributed by atoms with Gasteiger partial charge in [-0.2, -0.15) is 0 Å². The van der Waals surface area contributed by atoms with Crippen LogP contribution in [0.2, 0.25) is 0 Å². The van der Waals surface area contributed by atoms with Crippen molar-refractivity contribution in [2.75, 3.05) is 41.7 Å². The number of anilines is 4. The standard InChI is InChI=1S/C36H38F2N10O2/c1-21(2)48-22(3)41-34-27(37)16-24(17-30(34)48)33-28(38)19-40-36(45-33)43-31-9-7-26(18-39-31)47-13-11-46(12-14-47)20-23-5-4-6-25(15-23)42-29-8-10-32(49)44-35(29)50/h4-7,9,15-19,21,29,42H,8,10-14,20H2,1-3H3,(H,44,49,50)(H,39,40,43,45). The Morgan fingerprint density at radius 2 is 1.78 bits per heavy atom. The van der Waals surface area contributed by atoms with Gasteiger partial charge >= 0.3 is 0 Å². The minimum absolute atomic E-state index is 0.0238. The van der Waals surface area contributed by atoms with Crippen LogP contribution in [-0.4, -0.2) is 73.4 Å². The largest absolute Gasteiger partial charge is 0.374 e. The van der Waals surface area contributed by atoms with Gasteiger partial charge in [0, 0.05) is 56.4 Å². The molecule has 14 heteroatoms. The molecule has 2 aliphatic heterocycles. The molecule has 5 aromatic rings. The molecule has 2 aromatic carbocycles. The summed E-state index contributed by atoms with van der Waals surface area (Å²) in [4.78, 5) is 45.7. The van der Waals surface area contributed by atoms with Crippen LogP contribution in [-0.2, 0) is 16.1 Å². The van der Waals surface area contributed by atoms with Gasteiger partial charge in [-0.25, -0.2) is 28.7 Å². The van der Waals surface area contributed by atoms with E-state index in [2.05, 4.69) is 57.8 Å². The third kappa shape index (κ3) is 6.97. The Kier molecular flexibility index (Phi) is 9.10. The lowest BCUT2D eigenvalue weighted by molar-refractivity contribution is -0.133. The van der Waals surface area contributed by atoms with E-state index in [9.17, 15) is 14.0 Å².